The minimum Gasteiger partial charge on any atom is -0.390 e. The third kappa shape index (κ3) is 8.41. The Labute approximate surface area is 317 Å². The lowest BCUT2D eigenvalue weighted by atomic mass is 9.81. The van der Waals surface area contributed by atoms with Gasteiger partial charge < -0.3 is 25.5 Å². The number of likely N-dealkylation sites (tertiary alicyclic amines) is 1. The maximum Gasteiger partial charge on any atom is 0.219 e. The van der Waals surface area contributed by atoms with Crippen molar-refractivity contribution in [3.63, 3.8) is 0 Å². The molecule has 1 amide bonds. The summed E-state index contributed by atoms with van der Waals surface area (Å²) >= 11 is 0. The molecule has 6 atom stereocenters. The Morgan fingerprint density at radius 1 is 0.811 bits per heavy atom. The summed E-state index contributed by atoms with van der Waals surface area (Å²) in [6.45, 7) is 11.7. The van der Waals surface area contributed by atoms with Gasteiger partial charge in [0.05, 0.1) is 23.7 Å². The SMILES string of the molecule is C[N+]1=C(C=CC=CC=C2N(CCCCC(=O)NCCCCCCCCN3C4CC(O)C(O)C(O)C43)c3ccccc3C2(C)C)C(C)(C)c2ccccc21. The second kappa shape index (κ2) is 16.8. The Bertz CT molecular complexity index is 1720. The summed E-state index contributed by atoms with van der Waals surface area (Å²) in [6.07, 6.45) is 17.8. The third-order valence-corrected chi connectivity index (χ3v) is 12.4. The molecule has 2 aromatic rings. The van der Waals surface area contributed by atoms with Crippen molar-refractivity contribution >= 4 is 23.0 Å². The first-order valence-electron chi connectivity index (χ1n) is 20.1. The number of para-hydroxylation sites is 2. The van der Waals surface area contributed by atoms with Gasteiger partial charge in [-0.15, -0.1) is 0 Å². The quantitative estimate of drug-likeness (QED) is 0.0632. The smallest absolute Gasteiger partial charge is 0.219 e. The largest absolute Gasteiger partial charge is 0.390 e. The predicted molar refractivity (Wildman–Crippen MR) is 215 cm³/mol. The lowest BCUT2D eigenvalue weighted by Gasteiger charge is -2.27. The van der Waals surface area contributed by atoms with Crippen LogP contribution < -0.4 is 10.2 Å². The van der Waals surface area contributed by atoms with Gasteiger partial charge in [0.25, 0.3) is 0 Å². The molecule has 1 saturated heterocycles. The lowest BCUT2D eigenvalue weighted by molar-refractivity contribution is -0.401. The van der Waals surface area contributed by atoms with Gasteiger partial charge in [0.15, 0.2) is 5.71 Å². The second-order valence-electron chi connectivity index (χ2n) is 16.7. The first-order valence-corrected chi connectivity index (χ1v) is 20.1. The zero-order valence-corrected chi connectivity index (χ0v) is 32.7. The number of nitrogens with zero attached hydrogens (tertiary/aromatic N) is 3. The average Bonchev–Trinajstić information content (AvgIpc) is 3.73. The number of carbonyl (C=O) groups is 1. The van der Waals surface area contributed by atoms with Crippen LogP contribution in [0.25, 0.3) is 0 Å². The molecule has 6 unspecified atom stereocenters. The molecule has 0 bridgehead atoms. The van der Waals surface area contributed by atoms with E-state index in [1.165, 1.54) is 33.9 Å². The molecule has 3 aliphatic heterocycles. The number of amides is 1. The van der Waals surface area contributed by atoms with E-state index >= 15 is 0 Å². The number of allylic oxidation sites excluding steroid dienone is 6. The van der Waals surface area contributed by atoms with E-state index in [9.17, 15) is 20.1 Å². The van der Waals surface area contributed by atoms with Gasteiger partial charge >= 0.3 is 0 Å². The highest BCUT2D eigenvalue weighted by Gasteiger charge is 2.58. The Hall–Kier alpha value is -3.56. The monoisotopic (exact) mass is 723 g/mol. The molecule has 2 fully saturated rings. The van der Waals surface area contributed by atoms with Crippen LogP contribution in [-0.2, 0) is 15.6 Å². The highest BCUT2D eigenvalue weighted by molar-refractivity contribution is 6.03. The van der Waals surface area contributed by atoms with E-state index in [0.717, 1.165) is 71.0 Å². The number of hydrogen-bond donors (Lipinski definition) is 4. The first-order chi connectivity index (χ1) is 25.4. The summed E-state index contributed by atoms with van der Waals surface area (Å²) in [6, 6.07) is 17.6. The van der Waals surface area contributed by atoms with Crippen molar-refractivity contribution in [1.29, 1.82) is 0 Å². The molecule has 4 aliphatic rings. The molecular weight excluding hydrogens is 661 g/mol. The van der Waals surface area contributed by atoms with Crippen LogP contribution >= 0.6 is 0 Å². The van der Waals surface area contributed by atoms with Gasteiger partial charge in [0, 0.05) is 60.1 Å². The molecular formula is C45H63N4O4+. The van der Waals surface area contributed by atoms with Crippen molar-refractivity contribution in [1.82, 2.24) is 10.2 Å². The molecule has 1 aliphatic carbocycles. The standard InChI is InChI=1S/C45H62N4O4/c1-44(2)32-21-13-15-23-34(32)47(5)38(44)25-11-10-12-26-39-45(3,4)33-22-14-16-24-35(33)48(39)29-20-17-27-40(51)46-28-18-8-6-7-9-19-30-49-36-31-37(50)42(52)43(53)41(36)49/h10-16,21-26,36-37,41-43,50,52-53H,6-9,17-20,27-31H2,1-5H3/p+1. The molecule has 3 heterocycles. The summed E-state index contributed by atoms with van der Waals surface area (Å²) in [7, 11) is 2.15. The van der Waals surface area contributed by atoms with E-state index in [1.54, 1.807) is 0 Å². The van der Waals surface area contributed by atoms with E-state index < -0.39 is 18.3 Å². The highest BCUT2D eigenvalue weighted by Crippen LogP contribution is 2.48. The van der Waals surface area contributed by atoms with Crippen LogP contribution in [-0.4, -0.2) is 93.5 Å². The third-order valence-electron chi connectivity index (χ3n) is 12.4. The van der Waals surface area contributed by atoms with Gasteiger partial charge in [0.1, 0.15) is 13.2 Å². The molecule has 8 nitrogen and oxygen atoms in total. The summed E-state index contributed by atoms with van der Waals surface area (Å²) < 4.78 is 2.30. The number of nitrogens with one attached hydrogen (secondary N) is 1. The molecule has 1 saturated carbocycles. The van der Waals surface area contributed by atoms with E-state index in [1.807, 2.05) is 0 Å². The molecule has 0 aromatic heterocycles. The number of carbonyl (C=O) groups excluding carboxylic acids is 1. The lowest BCUT2D eigenvalue weighted by Crippen LogP contribution is -2.45. The topological polar surface area (TPSA) is 99.1 Å². The minimum atomic E-state index is -1.02. The number of hydrogen-bond acceptors (Lipinski definition) is 6. The molecule has 286 valence electrons. The number of unbranched alkanes of at least 4 members (excludes halogenated alkanes) is 6. The Morgan fingerprint density at radius 2 is 1.49 bits per heavy atom. The zero-order valence-electron chi connectivity index (χ0n) is 32.7. The van der Waals surface area contributed by atoms with Crippen molar-refractivity contribution in [3.8, 4) is 0 Å². The van der Waals surface area contributed by atoms with Crippen LogP contribution in [0.1, 0.15) is 103 Å². The zero-order chi connectivity index (χ0) is 37.8. The van der Waals surface area contributed by atoms with Crippen LogP contribution in [0.4, 0.5) is 11.4 Å². The summed E-state index contributed by atoms with van der Waals surface area (Å²) in [5, 5.41) is 33.1. The van der Waals surface area contributed by atoms with Gasteiger partial charge in [-0.2, -0.15) is 4.58 Å². The van der Waals surface area contributed by atoms with E-state index in [0.29, 0.717) is 12.8 Å². The number of anilines is 1. The van der Waals surface area contributed by atoms with Crippen molar-refractivity contribution in [3.05, 3.63) is 95.7 Å². The molecule has 6 rings (SSSR count). The van der Waals surface area contributed by atoms with Crippen LogP contribution in [0.15, 0.2) is 84.6 Å². The summed E-state index contributed by atoms with van der Waals surface area (Å²) in [5.74, 6) is 0.145. The van der Waals surface area contributed by atoms with Crippen molar-refractivity contribution in [2.75, 3.05) is 31.6 Å². The van der Waals surface area contributed by atoms with Gasteiger partial charge in [-0.05, 0) is 70.2 Å². The molecule has 2 aromatic carbocycles. The molecule has 53 heavy (non-hydrogen) atoms. The minimum absolute atomic E-state index is 0.0209. The van der Waals surface area contributed by atoms with Crippen LogP contribution in [0.2, 0.25) is 0 Å². The normalized spacial score (nSPS) is 27.5. The molecule has 0 radical (unpaired) electrons. The number of benzene rings is 2. The molecule has 0 spiro atoms. The predicted octanol–water partition coefficient (Wildman–Crippen LogP) is 6.65. The average molecular weight is 724 g/mol. The molecule has 4 N–H and O–H groups in total. The fraction of sp³-hybridized carbons (Fsp3) is 0.556. The number of aliphatic hydroxyl groups is 3. The Balaban J connectivity index is 0.894. The molecule has 8 heteroatoms. The van der Waals surface area contributed by atoms with Crippen molar-refractivity contribution in [2.45, 2.75) is 133 Å². The maximum atomic E-state index is 12.6. The van der Waals surface area contributed by atoms with Gasteiger partial charge in [-0.25, -0.2) is 0 Å². The summed E-state index contributed by atoms with van der Waals surface area (Å²) in [5.41, 5.74) is 7.66. The van der Waals surface area contributed by atoms with E-state index in [2.05, 4.69) is 133 Å². The summed E-state index contributed by atoms with van der Waals surface area (Å²) in [4.78, 5) is 17.3. The number of fused-ring (bicyclic) bond motifs is 3. The van der Waals surface area contributed by atoms with E-state index in [4.69, 9.17) is 0 Å². The fourth-order valence-electron chi connectivity index (χ4n) is 9.22. The van der Waals surface area contributed by atoms with Gasteiger partial charge in [-0.1, -0.05) is 94.2 Å². The van der Waals surface area contributed by atoms with Crippen molar-refractivity contribution < 1.29 is 24.7 Å². The first kappa shape index (κ1) is 39.1. The Morgan fingerprint density at radius 3 is 2.26 bits per heavy atom. The van der Waals surface area contributed by atoms with E-state index in [-0.39, 0.29) is 28.8 Å². The second-order valence-corrected chi connectivity index (χ2v) is 16.7. The van der Waals surface area contributed by atoms with Crippen LogP contribution in [0.5, 0.6) is 0 Å². The van der Waals surface area contributed by atoms with Gasteiger partial charge in [-0.3, -0.25) is 9.69 Å². The number of rotatable bonds is 17. The van der Waals surface area contributed by atoms with Crippen molar-refractivity contribution in [2.24, 2.45) is 0 Å². The van der Waals surface area contributed by atoms with Crippen LogP contribution in [0.3, 0.4) is 0 Å². The van der Waals surface area contributed by atoms with Gasteiger partial charge in [0.2, 0.25) is 11.6 Å². The fourth-order valence-corrected chi connectivity index (χ4v) is 9.22. The number of aliphatic hydroxyl groups excluding tert-OH is 3. The maximum absolute atomic E-state index is 12.6. The Kier molecular flexibility index (Phi) is 12.4. The van der Waals surface area contributed by atoms with Crippen LogP contribution in [0, 0.1) is 0 Å². The highest BCUT2D eigenvalue weighted by atomic mass is 16.4.